The van der Waals surface area contributed by atoms with Gasteiger partial charge in [0, 0.05) is 12.5 Å². The number of carboxylic acid groups (broad SMARTS) is 1. The zero-order valence-corrected chi connectivity index (χ0v) is 10.9. The predicted octanol–water partition coefficient (Wildman–Crippen LogP) is 1.41. The number of aryl methyl sites for hydroxylation is 1. The summed E-state index contributed by atoms with van der Waals surface area (Å²) in [5, 5.41) is 15.2. The molecular formula is C14H14N2O4. The lowest BCUT2D eigenvalue weighted by Gasteiger charge is -2.13. The molecule has 6 heteroatoms. The first kappa shape index (κ1) is 13.8. The molecule has 1 unspecified atom stereocenters. The van der Waals surface area contributed by atoms with Crippen molar-refractivity contribution >= 4 is 11.9 Å². The van der Waals surface area contributed by atoms with E-state index in [1.165, 1.54) is 6.07 Å². The summed E-state index contributed by atoms with van der Waals surface area (Å²) in [6, 6.07) is 9.54. The summed E-state index contributed by atoms with van der Waals surface area (Å²) in [5.41, 5.74) is 0.901. The van der Waals surface area contributed by atoms with Gasteiger partial charge in [-0.15, -0.1) is 0 Å². The van der Waals surface area contributed by atoms with E-state index in [0.29, 0.717) is 5.76 Å². The van der Waals surface area contributed by atoms with E-state index in [1.54, 1.807) is 6.92 Å². The average molecular weight is 274 g/mol. The Labute approximate surface area is 115 Å². The van der Waals surface area contributed by atoms with E-state index >= 15 is 0 Å². The smallest absolute Gasteiger partial charge is 0.326 e. The molecule has 0 saturated heterocycles. The molecule has 20 heavy (non-hydrogen) atoms. The molecule has 1 aromatic carbocycles. The summed E-state index contributed by atoms with van der Waals surface area (Å²) < 4.78 is 4.79. The molecule has 0 aliphatic heterocycles. The highest BCUT2D eigenvalue weighted by Crippen LogP contribution is 2.06. The van der Waals surface area contributed by atoms with Crippen LogP contribution in [0, 0.1) is 6.92 Å². The van der Waals surface area contributed by atoms with Crippen LogP contribution in [-0.4, -0.2) is 28.2 Å². The molecule has 0 radical (unpaired) electrons. The number of hydrogen-bond acceptors (Lipinski definition) is 4. The van der Waals surface area contributed by atoms with Crippen LogP contribution in [0.2, 0.25) is 0 Å². The number of hydrogen-bond donors (Lipinski definition) is 2. The second-order valence-electron chi connectivity index (χ2n) is 4.38. The van der Waals surface area contributed by atoms with Crippen molar-refractivity contribution in [3.63, 3.8) is 0 Å². The first-order chi connectivity index (χ1) is 9.56. The summed E-state index contributed by atoms with van der Waals surface area (Å²) >= 11 is 0. The Morgan fingerprint density at radius 1 is 1.35 bits per heavy atom. The molecule has 2 N–H and O–H groups in total. The van der Waals surface area contributed by atoms with Crippen LogP contribution in [0.5, 0.6) is 0 Å². The number of nitrogens with zero attached hydrogens (tertiary/aromatic N) is 1. The van der Waals surface area contributed by atoms with Crippen molar-refractivity contribution in [2.45, 2.75) is 19.4 Å². The molecule has 0 spiro atoms. The summed E-state index contributed by atoms with van der Waals surface area (Å²) in [6.45, 7) is 1.66. The van der Waals surface area contributed by atoms with Crippen LogP contribution in [0.15, 0.2) is 40.9 Å². The first-order valence-corrected chi connectivity index (χ1v) is 6.07. The van der Waals surface area contributed by atoms with Gasteiger partial charge in [-0.25, -0.2) is 4.79 Å². The number of nitrogens with one attached hydrogen (secondary N) is 1. The van der Waals surface area contributed by atoms with Gasteiger partial charge in [0.15, 0.2) is 5.69 Å². The minimum atomic E-state index is -1.09. The molecule has 1 atom stereocenters. The molecule has 0 aliphatic carbocycles. The van der Waals surface area contributed by atoms with Gasteiger partial charge in [-0.2, -0.15) is 0 Å². The Morgan fingerprint density at radius 2 is 2.05 bits per heavy atom. The molecule has 0 saturated carbocycles. The number of carbonyl (C=O) groups excluding carboxylic acids is 1. The Hall–Kier alpha value is -2.63. The van der Waals surface area contributed by atoms with Gasteiger partial charge in [0.1, 0.15) is 11.8 Å². The Balaban J connectivity index is 2.06. The number of amides is 1. The van der Waals surface area contributed by atoms with Crippen LogP contribution >= 0.6 is 0 Å². The minimum absolute atomic E-state index is 0.0711. The molecule has 2 rings (SSSR count). The second kappa shape index (κ2) is 6.01. The van der Waals surface area contributed by atoms with Crippen LogP contribution in [0.25, 0.3) is 0 Å². The molecule has 6 nitrogen and oxygen atoms in total. The maximum atomic E-state index is 11.9. The fourth-order valence-electron chi connectivity index (χ4n) is 1.76. The largest absolute Gasteiger partial charge is 0.480 e. The van der Waals surface area contributed by atoms with Crippen LogP contribution in [0.1, 0.15) is 21.8 Å². The van der Waals surface area contributed by atoms with Crippen LogP contribution < -0.4 is 5.32 Å². The molecule has 2 aromatic rings. The minimum Gasteiger partial charge on any atom is -0.480 e. The topological polar surface area (TPSA) is 92.4 Å². The van der Waals surface area contributed by atoms with Gasteiger partial charge in [0.05, 0.1) is 0 Å². The lowest BCUT2D eigenvalue weighted by molar-refractivity contribution is -0.139. The monoisotopic (exact) mass is 274 g/mol. The fourth-order valence-corrected chi connectivity index (χ4v) is 1.76. The Bertz CT molecular complexity index is 607. The third-order valence-corrected chi connectivity index (χ3v) is 2.75. The number of rotatable bonds is 5. The van der Waals surface area contributed by atoms with Gasteiger partial charge in [0.25, 0.3) is 5.91 Å². The normalized spacial score (nSPS) is 11.8. The maximum Gasteiger partial charge on any atom is 0.326 e. The first-order valence-electron chi connectivity index (χ1n) is 6.07. The Kier molecular flexibility index (Phi) is 4.14. The quantitative estimate of drug-likeness (QED) is 0.860. The van der Waals surface area contributed by atoms with Crippen LogP contribution in [0.4, 0.5) is 0 Å². The van der Waals surface area contributed by atoms with Gasteiger partial charge < -0.3 is 14.9 Å². The zero-order chi connectivity index (χ0) is 14.5. The molecule has 0 bridgehead atoms. The average Bonchev–Trinajstić information content (AvgIpc) is 2.86. The summed E-state index contributed by atoms with van der Waals surface area (Å²) in [6.07, 6.45) is 0.207. The lowest BCUT2D eigenvalue weighted by Crippen LogP contribution is -2.42. The molecular weight excluding hydrogens is 260 g/mol. The van der Waals surface area contributed by atoms with Crippen LogP contribution in [0.3, 0.4) is 0 Å². The highest BCUT2D eigenvalue weighted by atomic mass is 16.5. The molecule has 1 aromatic heterocycles. The second-order valence-corrected chi connectivity index (χ2v) is 4.38. The number of aliphatic carboxylic acids is 1. The van der Waals surface area contributed by atoms with Gasteiger partial charge in [0.2, 0.25) is 0 Å². The van der Waals surface area contributed by atoms with Gasteiger partial charge >= 0.3 is 5.97 Å². The van der Waals surface area contributed by atoms with Crippen molar-refractivity contribution in [3.05, 3.63) is 53.4 Å². The number of benzene rings is 1. The van der Waals surface area contributed by atoms with E-state index in [9.17, 15) is 14.7 Å². The standard InChI is InChI=1S/C14H14N2O4/c1-9-7-11(16-20-9)13(17)15-12(14(18)19)8-10-5-3-2-4-6-10/h2-7,12H,8H2,1H3,(H,15,17)(H,18,19). The van der Waals surface area contributed by atoms with E-state index in [4.69, 9.17) is 4.52 Å². The summed E-state index contributed by atoms with van der Waals surface area (Å²) in [4.78, 5) is 23.1. The third kappa shape index (κ3) is 3.44. The van der Waals surface area contributed by atoms with E-state index in [2.05, 4.69) is 10.5 Å². The van der Waals surface area contributed by atoms with Crippen molar-refractivity contribution in [2.75, 3.05) is 0 Å². The zero-order valence-electron chi connectivity index (χ0n) is 10.9. The van der Waals surface area contributed by atoms with Crippen molar-refractivity contribution in [1.29, 1.82) is 0 Å². The molecule has 104 valence electrons. The van der Waals surface area contributed by atoms with Crippen LogP contribution in [-0.2, 0) is 11.2 Å². The SMILES string of the molecule is Cc1cc(C(=O)NC(Cc2ccccc2)C(=O)O)no1. The molecule has 0 fully saturated rings. The van der Waals surface area contributed by atoms with Crippen molar-refractivity contribution in [1.82, 2.24) is 10.5 Å². The predicted molar refractivity (Wildman–Crippen MR) is 70.3 cm³/mol. The maximum absolute atomic E-state index is 11.9. The van der Waals surface area contributed by atoms with Gasteiger partial charge in [-0.1, -0.05) is 35.5 Å². The number of carbonyl (C=O) groups is 2. The van der Waals surface area contributed by atoms with Crippen molar-refractivity contribution in [3.8, 4) is 0 Å². The van der Waals surface area contributed by atoms with E-state index in [1.807, 2.05) is 30.3 Å². The molecule has 1 amide bonds. The molecule has 1 heterocycles. The van der Waals surface area contributed by atoms with E-state index in [-0.39, 0.29) is 12.1 Å². The number of carboxylic acids is 1. The summed E-state index contributed by atoms with van der Waals surface area (Å²) in [5.74, 6) is -1.17. The molecule has 0 aliphatic rings. The van der Waals surface area contributed by atoms with E-state index < -0.39 is 17.9 Å². The number of aromatic nitrogens is 1. The fraction of sp³-hybridized carbons (Fsp3) is 0.214. The highest BCUT2D eigenvalue weighted by molar-refractivity contribution is 5.94. The third-order valence-electron chi connectivity index (χ3n) is 2.75. The van der Waals surface area contributed by atoms with Crippen molar-refractivity contribution < 1.29 is 19.2 Å². The summed E-state index contributed by atoms with van der Waals surface area (Å²) in [7, 11) is 0. The van der Waals surface area contributed by atoms with E-state index in [0.717, 1.165) is 5.56 Å². The van der Waals surface area contributed by atoms with Gasteiger partial charge in [-0.05, 0) is 12.5 Å². The Morgan fingerprint density at radius 3 is 2.60 bits per heavy atom. The van der Waals surface area contributed by atoms with Gasteiger partial charge in [-0.3, -0.25) is 4.79 Å². The van der Waals surface area contributed by atoms with Crippen molar-refractivity contribution in [2.24, 2.45) is 0 Å². The highest BCUT2D eigenvalue weighted by Gasteiger charge is 2.22. The lowest BCUT2D eigenvalue weighted by atomic mass is 10.1.